The number of hydrogen-bond acceptors (Lipinski definition) is 4. The lowest BCUT2D eigenvalue weighted by atomic mass is 9.84. The summed E-state index contributed by atoms with van der Waals surface area (Å²) in [5.41, 5.74) is 0.823. The molecular formula is C19H24ClN5O. The average Bonchev–Trinajstić information content (AvgIpc) is 3.38. The smallest absolute Gasteiger partial charge is 0.246 e. The van der Waals surface area contributed by atoms with Gasteiger partial charge in [0.1, 0.15) is 6.04 Å². The normalized spacial score (nSPS) is 26.7. The van der Waals surface area contributed by atoms with Gasteiger partial charge in [-0.1, -0.05) is 18.0 Å². The molecule has 1 aromatic heterocycles. The molecule has 2 saturated carbocycles. The number of rotatable bonds is 5. The van der Waals surface area contributed by atoms with Gasteiger partial charge in [0.25, 0.3) is 0 Å². The van der Waals surface area contributed by atoms with Crippen LogP contribution in [0.3, 0.4) is 0 Å². The summed E-state index contributed by atoms with van der Waals surface area (Å²) in [5.74, 6) is 2.70. The Morgan fingerprint density at radius 2 is 2.00 bits per heavy atom. The molecule has 0 radical (unpaired) electrons. The van der Waals surface area contributed by atoms with Crippen molar-refractivity contribution in [1.29, 1.82) is 0 Å². The summed E-state index contributed by atoms with van der Waals surface area (Å²) in [5, 5.41) is 16.3. The molecule has 2 aromatic rings. The average molecular weight is 374 g/mol. The van der Waals surface area contributed by atoms with Gasteiger partial charge in [-0.15, -0.1) is 10.2 Å². The first-order valence-electron chi connectivity index (χ1n) is 9.37. The van der Waals surface area contributed by atoms with Crippen molar-refractivity contribution in [2.24, 2.45) is 17.8 Å². The summed E-state index contributed by atoms with van der Waals surface area (Å²) in [4.78, 5) is 14.0. The fourth-order valence-corrected chi connectivity index (χ4v) is 4.69. The Morgan fingerprint density at radius 1 is 1.23 bits per heavy atom. The summed E-state index contributed by atoms with van der Waals surface area (Å²) in [6.45, 7) is 3.93. The van der Waals surface area contributed by atoms with Crippen molar-refractivity contribution in [1.82, 2.24) is 25.5 Å². The second-order valence-corrected chi connectivity index (χ2v) is 8.19. The van der Waals surface area contributed by atoms with E-state index < -0.39 is 6.04 Å². The van der Waals surface area contributed by atoms with Crippen molar-refractivity contribution in [3.05, 3.63) is 29.3 Å². The van der Waals surface area contributed by atoms with E-state index in [1.54, 1.807) is 19.1 Å². The zero-order valence-corrected chi connectivity index (χ0v) is 15.9. The fraction of sp³-hybridized carbons (Fsp3) is 0.579. The lowest BCUT2D eigenvalue weighted by molar-refractivity contribution is -0.125. The van der Waals surface area contributed by atoms with E-state index in [9.17, 15) is 4.79 Å². The van der Waals surface area contributed by atoms with Gasteiger partial charge in [0.15, 0.2) is 0 Å². The van der Waals surface area contributed by atoms with Crippen LogP contribution in [0.15, 0.2) is 24.3 Å². The number of carbonyl (C=O) groups excluding carboxylic acids is 1. The molecule has 5 unspecified atom stereocenters. The van der Waals surface area contributed by atoms with Gasteiger partial charge in [-0.3, -0.25) is 4.79 Å². The fourth-order valence-electron chi connectivity index (χ4n) is 4.57. The standard InChI is InChI=1S/C19H24ClN5O/c1-11(17-10-13-3-4-15(17)9-13)21-19(26)12(2)25-23-18(22-24-25)14-5-7-16(20)8-6-14/h5-8,11-13,15,17H,3-4,9-10H2,1-2H3,(H,21,26). The number of carbonyl (C=O) groups is 1. The molecule has 138 valence electrons. The van der Waals surface area contributed by atoms with E-state index in [1.807, 2.05) is 12.1 Å². The molecule has 1 N–H and O–H groups in total. The van der Waals surface area contributed by atoms with Crippen molar-refractivity contribution in [2.45, 2.75) is 51.6 Å². The van der Waals surface area contributed by atoms with Crippen LogP contribution in [-0.2, 0) is 4.79 Å². The van der Waals surface area contributed by atoms with Crippen molar-refractivity contribution in [3.8, 4) is 11.4 Å². The predicted molar refractivity (Wildman–Crippen MR) is 99.5 cm³/mol. The van der Waals surface area contributed by atoms with Gasteiger partial charge in [0.2, 0.25) is 11.7 Å². The molecule has 2 bridgehead atoms. The first-order valence-corrected chi connectivity index (χ1v) is 9.75. The minimum atomic E-state index is -0.496. The number of fused-ring (bicyclic) bond motifs is 2. The Bertz CT molecular complexity index is 789. The monoisotopic (exact) mass is 373 g/mol. The maximum Gasteiger partial charge on any atom is 0.246 e. The number of benzene rings is 1. The predicted octanol–water partition coefficient (Wildman–Crippen LogP) is 3.50. The first kappa shape index (κ1) is 17.5. The van der Waals surface area contributed by atoms with Gasteiger partial charge in [0.05, 0.1) is 0 Å². The third kappa shape index (κ3) is 3.34. The van der Waals surface area contributed by atoms with E-state index in [4.69, 9.17) is 11.6 Å². The van der Waals surface area contributed by atoms with Gasteiger partial charge < -0.3 is 5.32 Å². The Labute approximate surface area is 158 Å². The second kappa shape index (κ2) is 6.99. The third-order valence-electron chi connectivity index (χ3n) is 6.06. The summed E-state index contributed by atoms with van der Waals surface area (Å²) >= 11 is 5.91. The molecule has 7 heteroatoms. The van der Waals surface area contributed by atoms with E-state index in [2.05, 4.69) is 27.7 Å². The summed E-state index contributed by atoms with van der Waals surface area (Å²) < 4.78 is 0. The summed E-state index contributed by atoms with van der Waals surface area (Å²) in [7, 11) is 0. The molecule has 0 saturated heterocycles. The molecule has 2 fully saturated rings. The Kier molecular flexibility index (Phi) is 4.69. The minimum absolute atomic E-state index is 0.0553. The van der Waals surface area contributed by atoms with Crippen molar-refractivity contribution < 1.29 is 4.79 Å². The lowest BCUT2D eigenvalue weighted by Crippen LogP contribution is -2.43. The molecular weight excluding hydrogens is 350 g/mol. The van der Waals surface area contributed by atoms with Crippen LogP contribution in [0, 0.1) is 17.8 Å². The minimum Gasteiger partial charge on any atom is -0.351 e. The van der Waals surface area contributed by atoms with Crippen molar-refractivity contribution >= 4 is 17.5 Å². The molecule has 2 aliphatic rings. The second-order valence-electron chi connectivity index (χ2n) is 7.75. The Hall–Kier alpha value is -1.95. The molecule has 6 nitrogen and oxygen atoms in total. The van der Waals surface area contributed by atoms with Gasteiger partial charge >= 0.3 is 0 Å². The molecule has 2 aliphatic carbocycles. The molecule has 0 aliphatic heterocycles. The van der Waals surface area contributed by atoms with Crippen LogP contribution in [0.1, 0.15) is 45.6 Å². The van der Waals surface area contributed by atoms with Gasteiger partial charge in [-0.2, -0.15) is 4.80 Å². The van der Waals surface area contributed by atoms with E-state index in [0.29, 0.717) is 16.8 Å². The zero-order valence-electron chi connectivity index (χ0n) is 15.1. The topological polar surface area (TPSA) is 72.7 Å². The molecule has 0 spiro atoms. The van der Waals surface area contributed by atoms with Gasteiger partial charge in [-0.25, -0.2) is 0 Å². The quantitative estimate of drug-likeness (QED) is 0.870. The van der Waals surface area contributed by atoms with E-state index in [0.717, 1.165) is 17.4 Å². The Balaban J connectivity index is 1.40. The van der Waals surface area contributed by atoms with Gasteiger partial charge in [-0.05, 0) is 80.3 Å². The van der Waals surface area contributed by atoms with Crippen LogP contribution in [0.5, 0.6) is 0 Å². The number of tetrazole rings is 1. The largest absolute Gasteiger partial charge is 0.351 e. The molecule has 1 heterocycles. The highest BCUT2D eigenvalue weighted by Gasteiger charge is 2.42. The zero-order chi connectivity index (χ0) is 18.3. The summed E-state index contributed by atoms with van der Waals surface area (Å²) in [6, 6.07) is 6.94. The number of aromatic nitrogens is 4. The maximum atomic E-state index is 12.7. The molecule has 4 rings (SSSR count). The van der Waals surface area contributed by atoms with E-state index in [-0.39, 0.29) is 11.9 Å². The number of nitrogens with one attached hydrogen (secondary N) is 1. The number of halogens is 1. The highest BCUT2D eigenvalue weighted by molar-refractivity contribution is 6.30. The van der Waals surface area contributed by atoms with Gasteiger partial charge in [0, 0.05) is 16.6 Å². The SMILES string of the molecule is CC(NC(=O)C(C)n1nnc(-c2ccc(Cl)cc2)n1)C1CC2CCC1C2. The maximum absolute atomic E-state index is 12.7. The van der Waals surface area contributed by atoms with Crippen LogP contribution in [0.4, 0.5) is 0 Å². The van der Waals surface area contributed by atoms with Crippen LogP contribution in [-0.4, -0.2) is 32.2 Å². The number of nitrogens with zero attached hydrogens (tertiary/aromatic N) is 4. The van der Waals surface area contributed by atoms with Crippen molar-refractivity contribution in [3.63, 3.8) is 0 Å². The highest BCUT2D eigenvalue weighted by Crippen LogP contribution is 2.49. The first-order chi connectivity index (χ1) is 12.5. The van der Waals surface area contributed by atoms with Crippen molar-refractivity contribution in [2.75, 3.05) is 0 Å². The molecule has 26 heavy (non-hydrogen) atoms. The van der Waals surface area contributed by atoms with Crippen LogP contribution in [0.25, 0.3) is 11.4 Å². The number of hydrogen-bond donors (Lipinski definition) is 1. The molecule has 1 aromatic carbocycles. The third-order valence-corrected chi connectivity index (χ3v) is 6.31. The van der Waals surface area contributed by atoms with E-state index >= 15 is 0 Å². The molecule has 1 amide bonds. The molecule has 5 atom stereocenters. The number of amides is 1. The van der Waals surface area contributed by atoms with E-state index in [1.165, 1.54) is 30.5 Å². The lowest BCUT2D eigenvalue weighted by Gasteiger charge is -2.29. The summed E-state index contributed by atoms with van der Waals surface area (Å²) in [6.07, 6.45) is 5.28. The van der Waals surface area contributed by atoms with Crippen LogP contribution < -0.4 is 5.32 Å². The van der Waals surface area contributed by atoms with Crippen LogP contribution >= 0.6 is 11.6 Å². The Morgan fingerprint density at radius 3 is 2.65 bits per heavy atom. The highest BCUT2D eigenvalue weighted by atomic mass is 35.5. The van der Waals surface area contributed by atoms with Crippen LogP contribution in [0.2, 0.25) is 5.02 Å².